The third kappa shape index (κ3) is 2.91. The van der Waals surface area contributed by atoms with Crippen LogP contribution >= 0.6 is 0 Å². The van der Waals surface area contributed by atoms with Crippen molar-refractivity contribution in [3.8, 4) is 0 Å². The normalized spacial score (nSPS) is 36.0. The zero-order valence-corrected chi connectivity index (χ0v) is 18.6. The van der Waals surface area contributed by atoms with Gasteiger partial charge in [0.2, 0.25) is 11.8 Å². The summed E-state index contributed by atoms with van der Waals surface area (Å²) in [5.74, 6) is -3.71. The van der Waals surface area contributed by atoms with Crippen molar-refractivity contribution in [3.05, 3.63) is 12.7 Å². The highest BCUT2D eigenvalue weighted by Gasteiger charge is 2.79. The van der Waals surface area contributed by atoms with Crippen LogP contribution in [0.2, 0.25) is 0 Å². The molecule has 1 spiro atoms. The number of carboxylic acids is 1. The summed E-state index contributed by atoms with van der Waals surface area (Å²) in [6, 6.07) is -1.61. The van der Waals surface area contributed by atoms with E-state index in [2.05, 4.69) is 6.58 Å². The summed E-state index contributed by atoms with van der Waals surface area (Å²) in [5.41, 5.74) is -2.67. The molecule has 2 amide bonds. The summed E-state index contributed by atoms with van der Waals surface area (Å²) >= 11 is 0. The highest BCUT2D eigenvalue weighted by atomic mass is 16.5. The number of hydrogen-bond donors (Lipinski definition) is 2. The smallest absolute Gasteiger partial charge is 0.310 e. The molecule has 8 nitrogen and oxygen atoms in total. The number of ether oxygens (including phenoxy) is 1. The van der Waals surface area contributed by atoms with E-state index in [9.17, 15) is 24.6 Å². The number of aliphatic hydroxyl groups is 1. The molecule has 3 aliphatic heterocycles. The fourth-order valence-electron chi connectivity index (χ4n) is 5.84. The summed E-state index contributed by atoms with van der Waals surface area (Å²) in [5, 5.41) is 19.8. The van der Waals surface area contributed by atoms with Crippen LogP contribution in [0.3, 0.4) is 0 Å². The Balaban J connectivity index is 2.17. The predicted octanol–water partition coefficient (Wildman–Crippen LogP) is 1.42. The Kier molecular flexibility index (Phi) is 5.56. The molecule has 30 heavy (non-hydrogen) atoms. The molecule has 0 aliphatic carbocycles. The van der Waals surface area contributed by atoms with E-state index in [1.165, 1.54) is 4.90 Å². The molecule has 0 saturated carbocycles. The fraction of sp³-hybridized carbons (Fsp3) is 0.773. The maximum absolute atomic E-state index is 13.9. The van der Waals surface area contributed by atoms with Crippen LogP contribution in [0, 0.1) is 11.8 Å². The second-order valence-corrected chi connectivity index (χ2v) is 9.86. The standard InChI is InChI=1S/C22H34N2O6/c1-7-11-23(20(4,5)6)18(27)16-22-10-9-21(8-2,30-22)15(19(28)29)14(22)17(26)24(16)13(3)12-25/h7,13-16,25H,1,8-12H2,2-6H3,(H,28,29)/t13-,14+,15+,16?,21-,22?/m1/s1. The van der Waals surface area contributed by atoms with Crippen molar-refractivity contribution in [1.82, 2.24) is 9.80 Å². The number of carbonyl (C=O) groups is 3. The van der Waals surface area contributed by atoms with E-state index in [-0.39, 0.29) is 19.1 Å². The summed E-state index contributed by atoms with van der Waals surface area (Å²) < 4.78 is 6.47. The second-order valence-electron chi connectivity index (χ2n) is 9.86. The van der Waals surface area contributed by atoms with E-state index < -0.39 is 52.5 Å². The molecular formula is C22H34N2O6. The van der Waals surface area contributed by atoms with Crippen LogP contribution in [0.1, 0.15) is 53.9 Å². The Labute approximate surface area is 177 Å². The van der Waals surface area contributed by atoms with Gasteiger partial charge in [-0.05, 0) is 47.0 Å². The molecule has 2 bridgehead atoms. The lowest BCUT2D eigenvalue weighted by Crippen LogP contribution is -2.61. The number of aliphatic hydroxyl groups excluding tert-OH is 1. The summed E-state index contributed by atoms with van der Waals surface area (Å²) in [7, 11) is 0. The molecule has 0 aromatic heterocycles. The predicted molar refractivity (Wildman–Crippen MR) is 110 cm³/mol. The first-order valence-corrected chi connectivity index (χ1v) is 10.7. The Morgan fingerprint density at radius 1 is 1.40 bits per heavy atom. The molecule has 8 heteroatoms. The quantitative estimate of drug-likeness (QED) is 0.601. The molecule has 0 radical (unpaired) electrons. The molecule has 2 N–H and O–H groups in total. The van der Waals surface area contributed by atoms with Gasteiger partial charge in [-0.2, -0.15) is 0 Å². The van der Waals surface area contributed by atoms with Crippen LogP contribution in [0.5, 0.6) is 0 Å². The van der Waals surface area contributed by atoms with Gasteiger partial charge in [-0.15, -0.1) is 6.58 Å². The van der Waals surface area contributed by atoms with E-state index in [0.29, 0.717) is 19.3 Å². The SMILES string of the molecule is C=CCN(C(=O)C1N([C@H](C)CO)C(=O)[C@@H]2[C@@H](C(=O)O)[C@@]3(CC)CCC12O3)C(C)(C)C. The van der Waals surface area contributed by atoms with Gasteiger partial charge < -0.3 is 24.7 Å². The average Bonchev–Trinajstić information content (AvgIpc) is 3.27. The van der Waals surface area contributed by atoms with Gasteiger partial charge in [-0.1, -0.05) is 13.0 Å². The summed E-state index contributed by atoms with van der Waals surface area (Å²) in [6.45, 7) is 13.0. The van der Waals surface area contributed by atoms with Crippen molar-refractivity contribution >= 4 is 17.8 Å². The van der Waals surface area contributed by atoms with E-state index >= 15 is 0 Å². The van der Waals surface area contributed by atoms with Gasteiger partial charge in [0.25, 0.3) is 0 Å². The lowest BCUT2D eigenvalue weighted by Gasteiger charge is -2.43. The van der Waals surface area contributed by atoms with Gasteiger partial charge in [0.15, 0.2) is 0 Å². The third-order valence-electron chi connectivity index (χ3n) is 7.25. The molecule has 3 saturated heterocycles. The van der Waals surface area contributed by atoms with Gasteiger partial charge in [0.1, 0.15) is 17.6 Å². The van der Waals surface area contributed by atoms with Gasteiger partial charge >= 0.3 is 5.97 Å². The van der Waals surface area contributed by atoms with Crippen molar-refractivity contribution in [3.63, 3.8) is 0 Å². The Hall–Kier alpha value is -1.93. The first-order valence-electron chi connectivity index (χ1n) is 10.7. The van der Waals surface area contributed by atoms with E-state index in [0.717, 1.165) is 0 Å². The molecule has 6 atom stereocenters. The van der Waals surface area contributed by atoms with Crippen molar-refractivity contribution in [2.45, 2.75) is 82.7 Å². The summed E-state index contributed by atoms with van der Waals surface area (Å²) in [4.78, 5) is 42.8. The maximum Gasteiger partial charge on any atom is 0.310 e. The van der Waals surface area contributed by atoms with Gasteiger partial charge in [-0.25, -0.2) is 0 Å². The number of fused-ring (bicyclic) bond motifs is 1. The molecule has 3 rings (SSSR count). The molecule has 0 aromatic carbocycles. The summed E-state index contributed by atoms with van der Waals surface area (Å²) in [6.07, 6.45) is 3.03. The minimum atomic E-state index is -1.19. The maximum atomic E-state index is 13.9. The van der Waals surface area contributed by atoms with Crippen LogP contribution in [0.15, 0.2) is 12.7 Å². The molecule has 3 heterocycles. The van der Waals surface area contributed by atoms with Crippen LogP contribution in [-0.2, 0) is 19.1 Å². The van der Waals surface area contributed by atoms with Crippen molar-refractivity contribution < 1.29 is 29.3 Å². The fourth-order valence-corrected chi connectivity index (χ4v) is 5.84. The average molecular weight is 423 g/mol. The van der Waals surface area contributed by atoms with Crippen molar-refractivity contribution in [2.24, 2.45) is 11.8 Å². The Morgan fingerprint density at radius 2 is 2.03 bits per heavy atom. The van der Waals surface area contributed by atoms with Crippen LogP contribution in [0.25, 0.3) is 0 Å². The number of nitrogens with zero attached hydrogens (tertiary/aromatic N) is 2. The molecule has 3 aliphatic rings. The number of carbonyl (C=O) groups excluding carboxylic acids is 2. The number of carboxylic acid groups (broad SMARTS) is 1. The number of hydrogen-bond acceptors (Lipinski definition) is 5. The molecule has 168 valence electrons. The van der Waals surface area contributed by atoms with Crippen LogP contribution in [0.4, 0.5) is 0 Å². The topological polar surface area (TPSA) is 107 Å². The minimum Gasteiger partial charge on any atom is -0.481 e. The zero-order valence-electron chi connectivity index (χ0n) is 18.6. The van der Waals surface area contributed by atoms with Crippen molar-refractivity contribution in [1.29, 1.82) is 0 Å². The molecule has 0 aromatic rings. The number of aliphatic carboxylic acids is 1. The first kappa shape index (κ1) is 22.7. The van der Waals surface area contributed by atoms with Crippen molar-refractivity contribution in [2.75, 3.05) is 13.2 Å². The number of likely N-dealkylation sites (tertiary alicyclic amines) is 1. The molecular weight excluding hydrogens is 388 g/mol. The van der Waals surface area contributed by atoms with Gasteiger partial charge in [0.05, 0.1) is 24.2 Å². The highest BCUT2D eigenvalue weighted by Crippen LogP contribution is 2.64. The first-order chi connectivity index (χ1) is 13.9. The highest BCUT2D eigenvalue weighted by molar-refractivity contribution is 5.98. The molecule has 2 unspecified atom stereocenters. The number of amides is 2. The van der Waals surface area contributed by atoms with Gasteiger partial charge in [-0.3, -0.25) is 14.4 Å². The largest absolute Gasteiger partial charge is 0.481 e. The van der Waals surface area contributed by atoms with E-state index in [1.807, 2.05) is 27.7 Å². The second kappa shape index (κ2) is 7.34. The minimum absolute atomic E-state index is 0.288. The van der Waals surface area contributed by atoms with Crippen LogP contribution < -0.4 is 0 Å². The van der Waals surface area contributed by atoms with Crippen LogP contribution in [-0.4, -0.2) is 79.8 Å². The molecule has 3 fully saturated rings. The van der Waals surface area contributed by atoms with E-state index in [1.54, 1.807) is 17.9 Å². The Bertz CT molecular complexity index is 761. The third-order valence-corrected chi connectivity index (χ3v) is 7.25. The number of rotatable bonds is 7. The Morgan fingerprint density at radius 3 is 2.50 bits per heavy atom. The lowest BCUT2D eigenvalue weighted by atomic mass is 9.65. The monoisotopic (exact) mass is 422 g/mol. The zero-order chi connectivity index (χ0) is 22.6. The van der Waals surface area contributed by atoms with E-state index in [4.69, 9.17) is 4.74 Å². The van der Waals surface area contributed by atoms with Gasteiger partial charge in [0, 0.05) is 12.1 Å². The lowest BCUT2D eigenvalue weighted by molar-refractivity contribution is -0.161.